The van der Waals surface area contributed by atoms with Gasteiger partial charge in [-0.2, -0.15) is 0 Å². The number of carbonyl (C=O) groups is 6. The molecule has 7 rings (SSSR count). The molecule has 49 nitrogen and oxygen atoms in total. The first-order chi connectivity index (χ1) is 51.7. The molecule has 24 atom stereocenters. The molecule has 119 heavy (non-hydrogen) atoms. The molecule has 1 aromatic rings. The fourth-order valence-corrected chi connectivity index (χ4v) is 11.9. The average Bonchev–Trinajstić information content (AvgIpc) is 1.57. The minimum atomic E-state index is -4.92. The molecule has 0 aliphatic carbocycles. The minimum Gasteiger partial charge on any atom is -0.726 e. The zero-order valence-electron chi connectivity index (χ0n) is 66.9. The van der Waals surface area contributed by atoms with Gasteiger partial charge in [-0.05, 0) is 48.7 Å². The van der Waals surface area contributed by atoms with Crippen molar-refractivity contribution in [3.63, 3.8) is 0 Å². The van der Waals surface area contributed by atoms with Crippen LogP contribution >= 0.6 is 0 Å². The van der Waals surface area contributed by atoms with Gasteiger partial charge in [-0.25, -0.2) is 21.5 Å². The van der Waals surface area contributed by atoms with E-state index in [4.69, 9.17) is 124 Å². The average molecular weight is 1850 g/mol. The van der Waals surface area contributed by atoms with Crippen LogP contribution in [0.15, 0.2) is 6.20 Å². The van der Waals surface area contributed by atoms with Gasteiger partial charge >= 0.3 is 199 Å². The van der Waals surface area contributed by atoms with Gasteiger partial charge in [-0.1, -0.05) is 66.3 Å². The fourth-order valence-electron chi connectivity index (χ4n) is 11.9. The second-order valence-electron chi connectivity index (χ2n) is 27.6. The number of ether oxygens (including phenoxy) is 11. The first-order valence-corrected chi connectivity index (χ1v) is 38.5. The maximum absolute atomic E-state index is 13.9. The molecule has 6 aliphatic heterocycles. The molecule has 7 heterocycles. The van der Waals surface area contributed by atoms with Gasteiger partial charge in [-0.15, -0.1) is 30.4 Å². The summed E-state index contributed by atoms with van der Waals surface area (Å²) in [6.07, 6.45) is -29.2. The summed E-state index contributed by atoms with van der Waals surface area (Å²) < 4.78 is 179. The van der Waals surface area contributed by atoms with Crippen molar-refractivity contribution >= 4 is 77.6 Å². The van der Waals surface area contributed by atoms with Crippen LogP contribution in [0, 0.1) is 36.5 Å². The smallest absolute Gasteiger partial charge is 0.726 e. The maximum Gasteiger partial charge on any atom is 1.00 e. The number of nitrogens with zero attached hydrogens (tertiary/aromatic N) is 5. The summed E-state index contributed by atoms with van der Waals surface area (Å²) in [7, 11) is -16.1. The zero-order valence-corrected chi connectivity index (χ0v) is 82.1. The number of aliphatic hydroxyl groups is 8. The molecule has 0 saturated carbocycles. The Bertz CT molecular complexity index is 3570. The standard InChI is InChI=1S/C59H94N8O27.CH4.6Na.2H2O4S.2O3S/c1-27-36(70)38(72)34(60)54(88-27)90-44-40(74)42(76)56(92-46(44)52(80)81)86-20-12-19-84-21-15-62-30(68)13-14-31(69)65(16-10-9-11-17-67-50(78)32-33(51(67)79)49(59(6,7)8)94-48(32)58(3,4)5)25-29-26-66(64-63-29)18-22-85-23-24-87-57-43(77)41(75)45(47(93-57)53(82)83)91-55-35(61)39(73)37(71)28(2)89-55;;;;;;;;2*1-5(2,3)4;2*1-4(2)3/h26-28,32-49,54-57,60-61,70-77H,1-2,9-25H2,3-8H3,(H,62,68)(H,80,81)(H,82,83);1H4;;;;;;;2*(H2,1,2,3,4);;/q-4;;6*+1;;;;/p-4/t27?,28?,32-,33+,34?,35?,36-,37-,38-,39-,40-,41-,42?,43?,44+,45+,46?,47?,48+,49-,54-,55-,56-,57-;;;;;;;;;;;/m1.........../s1. The number of rotatable bonds is 32. The van der Waals surface area contributed by atoms with E-state index in [9.17, 15) is 79.8 Å². The van der Waals surface area contributed by atoms with E-state index >= 15 is 0 Å². The number of aromatic nitrogens is 3. The van der Waals surface area contributed by atoms with E-state index in [0.29, 0.717) is 25.0 Å². The first-order valence-electron chi connectivity index (χ1n) is 33.8. The molecule has 656 valence electrons. The Morgan fingerprint density at radius 3 is 1.37 bits per heavy atom. The normalized spacial score (nSPS) is 30.1. The summed E-state index contributed by atoms with van der Waals surface area (Å²) in [6.45, 7) is 19.1. The molecule has 0 bridgehead atoms. The summed E-state index contributed by atoms with van der Waals surface area (Å²) in [5, 5.41) is 119. The molecule has 0 spiro atoms. The number of fused-ring (bicyclic) bond motifs is 1. The maximum atomic E-state index is 13.9. The summed E-state index contributed by atoms with van der Waals surface area (Å²) in [5.74, 6) is -6.24. The second kappa shape index (κ2) is 60.3. The Morgan fingerprint density at radius 1 is 0.563 bits per heavy atom. The Balaban J connectivity index is -0.00000157. The molecule has 59 heteroatoms. The molecular formula is C60H98N8Na6O41S4-2. The van der Waals surface area contributed by atoms with Gasteiger partial charge < -0.3 is 157 Å². The number of imide groups is 1. The van der Waals surface area contributed by atoms with Crippen LogP contribution in [-0.2, 0) is 136 Å². The van der Waals surface area contributed by atoms with Crippen molar-refractivity contribution < 1.29 is 370 Å². The zero-order chi connectivity index (χ0) is 85.4. The largest absolute Gasteiger partial charge is 1.00 e. The van der Waals surface area contributed by atoms with Gasteiger partial charge in [0, 0.05) is 39.1 Å². The quantitative estimate of drug-likeness (QED) is 0.00797. The van der Waals surface area contributed by atoms with Crippen molar-refractivity contribution in [1.29, 1.82) is 0 Å². The number of nitrogens with one attached hydrogen (secondary N) is 3. The SMILES string of the molecule is C.O=S(=O)([O-])O.O=S(=O)([O-])O.O=S(=O)=O.O=S(=O)=O.[CH2-]C1O[C@H](O[C@@H]2C(C(=O)[O-])O[C@@H](OCCCOCCNC(=O)CCC(=O)N(CCCCCN3C(=O)[C@@H]4[C@H](C3=O)[C@H](C(C)(C)C)O[C@@H]4C(C)(C)C)Cc3cn(CCOCCO[C@@H]4OC(C(=O)[O-])[C@@H](O[C@H]5OC([CH2-])[C@@H](O)[C@H](O)C5[NH-])[C@H](O)C4O)nn3)C(O)[C@H]2O)C([NH-])[C@@H](O)[C@@H]1O.[Na+].[Na+].[Na+].[Na+].[Na+].[Na+]. The molecule has 6 saturated heterocycles. The van der Waals surface area contributed by atoms with Gasteiger partial charge in [0.25, 0.3) is 0 Å². The second-order valence-corrected chi connectivity index (χ2v) is 30.2. The topological polar surface area (TPSA) is 766 Å². The van der Waals surface area contributed by atoms with Gasteiger partial charge in [0.15, 0.2) is 12.6 Å². The molecule has 0 radical (unpaired) electrons. The van der Waals surface area contributed by atoms with Crippen LogP contribution in [0.3, 0.4) is 0 Å². The van der Waals surface area contributed by atoms with Crippen molar-refractivity contribution in [3.8, 4) is 0 Å². The van der Waals surface area contributed by atoms with Crippen molar-refractivity contribution in [3.05, 3.63) is 37.2 Å². The van der Waals surface area contributed by atoms with E-state index in [0.717, 1.165) is 0 Å². The van der Waals surface area contributed by atoms with E-state index in [1.807, 2.05) is 41.5 Å². The summed E-state index contributed by atoms with van der Waals surface area (Å²) >= 11 is 0. The van der Waals surface area contributed by atoms with Crippen LogP contribution in [0.5, 0.6) is 0 Å². The molecule has 6 fully saturated rings. The van der Waals surface area contributed by atoms with E-state index in [1.165, 1.54) is 14.5 Å². The third kappa shape index (κ3) is 44.2. The minimum absolute atomic E-state index is 0. The Hall–Kier alpha value is 0.300. The van der Waals surface area contributed by atoms with E-state index < -0.39 is 217 Å². The van der Waals surface area contributed by atoms with Gasteiger partial charge in [0.2, 0.25) is 44.4 Å². The fraction of sp³-hybridized carbons (Fsp3) is 0.833. The number of hydrogen-bond acceptors (Lipinski definition) is 41. The Labute approximate surface area is 822 Å². The number of aliphatic hydroxyl groups excluding tert-OH is 8. The molecule has 13 N–H and O–H groups in total. The Kier molecular flexibility index (Phi) is 64.8. The van der Waals surface area contributed by atoms with Gasteiger partial charge in [0.05, 0.1) is 113 Å². The Morgan fingerprint density at radius 2 is 0.966 bits per heavy atom. The third-order valence-electron chi connectivity index (χ3n) is 17.1. The van der Waals surface area contributed by atoms with E-state index in [1.54, 1.807) is 6.20 Å². The number of hydrogen-bond donors (Lipinski definition) is 11. The van der Waals surface area contributed by atoms with Crippen LogP contribution in [-0.4, -0.2) is 356 Å². The van der Waals surface area contributed by atoms with Crippen LogP contribution in [0.4, 0.5) is 0 Å². The van der Waals surface area contributed by atoms with Crippen molar-refractivity contribution in [2.45, 2.75) is 235 Å². The number of carboxylic acid groups (broad SMARTS) is 2. The number of likely N-dealkylation sites (tertiary alicyclic amines) is 1. The number of amides is 4. The summed E-state index contributed by atoms with van der Waals surface area (Å²) in [5.41, 5.74) is 15.8. The predicted molar refractivity (Wildman–Crippen MR) is 361 cm³/mol. The van der Waals surface area contributed by atoms with Crippen molar-refractivity contribution in [2.24, 2.45) is 22.7 Å². The van der Waals surface area contributed by atoms with E-state index in [-0.39, 0.29) is 294 Å². The molecule has 8 unspecified atom stereocenters. The third-order valence-corrected chi connectivity index (χ3v) is 17.1. The number of unbranched alkanes of at least 4 members (excludes halogenated alkanes) is 2. The number of carbonyl (C=O) groups excluding carboxylic acids is 6. The summed E-state index contributed by atoms with van der Waals surface area (Å²) in [6, 6.07) is -3.29. The molecule has 4 amide bonds. The van der Waals surface area contributed by atoms with E-state index in [2.05, 4.69) is 29.5 Å². The van der Waals surface area contributed by atoms with Crippen LogP contribution in [0.2, 0.25) is 0 Å². The molecule has 0 aromatic carbocycles. The summed E-state index contributed by atoms with van der Waals surface area (Å²) in [4.78, 5) is 81.6. The monoisotopic (exact) mass is 1850 g/mol. The number of carboxylic acids is 2. The predicted octanol–water partition coefficient (Wildman–Crippen LogP) is -27.2. The van der Waals surface area contributed by atoms with Crippen LogP contribution in [0.1, 0.15) is 93.2 Å². The van der Waals surface area contributed by atoms with Crippen LogP contribution in [0.25, 0.3) is 11.5 Å². The first kappa shape index (κ1) is 128. The number of aliphatic carboxylic acids is 2. The molecule has 6 aliphatic rings. The van der Waals surface area contributed by atoms with Crippen molar-refractivity contribution in [1.82, 2.24) is 30.1 Å². The van der Waals surface area contributed by atoms with Gasteiger partial charge in [0.1, 0.15) is 67.1 Å². The molecular weight excluding hydrogens is 1750 g/mol. The van der Waals surface area contributed by atoms with Gasteiger partial charge in [-0.3, -0.25) is 33.2 Å². The molecule has 1 aromatic heterocycles. The van der Waals surface area contributed by atoms with Crippen LogP contribution < -0.4 is 193 Å². The van der Waals surface area contributed by atoms with Crippen molar-refractivity contribution in [2.75, 3.05) is 59.3 Å².